The summed E-state index contributed by atoms with van der Waals surface area (Å²) in [6.45, 7) is 3.53. The van der Waals surface area contributed by atoms with Gasteiger partial charge in [0.15, 0.2) is 14.6 Å². The highest BCUT2D eigenvalue weighted by Gasteiger charge is 2.48. The second-order valence-corrected chi connectivity index (χ2v) is 9.12. The fourth-order valence-electron chi connectivity index (χ4n) is 3.72. The summed E-state index contributed by atoms with van der Waals surface area (Å²) in [5, 5.41) is 7.14. The van der Waals surface area contributed by atoms with Gasteiger partial charge in [0.2, 0.25) is 5.91 Å². The summed E-state index contributed by atoms with van der Waals surface area (Å²) >= 11 is 0. The van der Waals surface area contributed by atoms with Crippen molar-refractivity contribution in [2.75, 3.05) is 25.9 Å². The normalized spacial score (nSPS) is 16.8. The van der Waals surface area contributed by atoms with E-state index in [0.717, 1.165) is 22.2 Å². The predicted octanol–water partition coefficient (Wildman–Crippen LogP) is 1.72. The molecule has 1 aromatic heterocycles. The largest absolute Gasteiger partial charge is 0.358 e. The Kier molecular flexibility index (Phi) is 6.37. The fraction of sp³-hybridized carbons (Fsp3) is 0.500. The smallest absolute Gasteiger partial charge is 0.241 e. The van der Waals surface area contributed by atoms with Crippen LogP contribution in [0.3, 0.4) is 0 Å². The molecule has 3 N–H and O–H groups in total. The maximum Gasteiger partial charge on any atom is 0.241 e. The van der Waals surface area contributed by atoms with Crippen molar-refractivity contribution in [3.63, 3.8) is 0 Å². The van der Waals surface area contributed by atoms with Gasteiger partial charge in [-0.1, -0.05) is 18.2 Å². The number of carbonyl (C=O) groups is 1. The summed E-state index contributed by atoms with van der Waals surface area (Å²) in [5.74, 6) is -0.367. The van der Waals surface area contributed by atoms with Crippen molar-refractivity contribution in [2.24, 2.45) is 0 Å². The van der Waals surface area contributed by atoms with Crippen LogP contribution in [0.15, 0.2) is 24.3 Å². The molecule has 1 fully saturated rings. The molecule has 144 valence electrons. The second kappa shape index (κ2) is 7.98. The molecule has 3 rings (SSSR count). The summed E-state index contributed by atoms with van der Waals surface area (Å²) in [6, 6.07) is 8.06. The molecule has 1 aliphatic heterocycles. The lowest BCUT2D eigenvalue weighted by atomic mass is 9.95. The van der Waals surface area contributed by atoms with Gasteiger partial charge >= 0.3 is 0 Å². The Balaban J connectivity index is 0.00000243. The van der Waals surface area contributed by atoms with Gasteiger partial charge in [0.05, 0.1) is 0 Å². The highest BCUT2D eigenvalue weighted by Crippen LogP contribution is 2.28. The van der Waals surface area contributed by atoms with Crippen LogP contribution in [0.5, 0.6) is 0 Å². The number of carbonyl (C=O) groups excluding carboxylic acids is 1. The van der Waals surface area contributed by atoms with E-state index in [2.05, 4.69) is 21.7 Å². The molecule has 0 unspecified atom stereocenters. The Bertz CT molecular complexity index is 886. The number of aryl methyl sites for hydroxylation is 1. The number of benzene rings is 1. The molecule has 1 aliphatic rings. The Morgan fingerprint density at radius 3 is 2.54 bits per heavy atom. The molecule has 1 saturated heterocycles. The Morgan fingerprint density at radius 1 is 1.23 bits per heavy atom. The molecule has 8 heteroatoms. The molecule has 0 atom stereocenters. The van der Waals surface area contributed by atoms with E-state index in [1.165, 1.54) is 6.26 Å². The Morgan fingerprint density at radius 2 is 1.88 bits per heavy atom. The Hall–Kier alpha value is -1.57. The molecule has 2 heterocycles. The minimum absolute atomic E-state index is 0. The van der Waals surface area contributed by atoms with Crippen LogP contribution in [-0.2, 0) is 21.1 Å². The van der Waals surface area contributed by atoms with Gasteiger partial charge < -0.3 is 15.6 Å². The molecule has 2 aromatic rings. The summed E-state index contributed by atoms with van der Waals surface area (Å²) in [5.41, 5.74) is 3.32. The van der Waals surface area contributed by atoms with E-state index in [4.69, 9.17) is 0 Å². The van der Waals surface area contributed by atoms with Crippen molar-refractivity contribution in [3.8, 4) is 0 Å². The van der Waals surface area contributed by atoms with Gasteiger partial charge in [0.1, 0.15) is 0 Å². The number of piperidine rings is 1. The number of sulfone groups is 1. The van der Waals surface area contributed by atoms with Crippen molar-refractivity contribution in [1.29, 1.82) is 0 Å². The summed E-state index contributed by atoms with van der Waals surface area (Å²) < 4.78 is 23.3. The minimum atomic E-state index is -3.47. The third-order valence-corrected chi connectivity index (χ3v) is 7.24. The third-order valence-electron chi connectivity index (χ3n) is 5.22. The average Bonchev–Trinajstić information content (AvgIpc) is 2.90. The van der Waals surface area contributed by atoms with E-state index in [1.54, 1.807) is 0 Å². The average molecular weight is 400 g/mol. The van der Waals surface area contributed by atoms with Crippen LogP contribution < -0.4 is 10.6 Å². The number of para-hydroxylation sites is 1. The van der Waals surface area contributed by atoms with Gasteiger partial charge in [0.25, 0.3) is 0 Å². The van der Waals surface area contributed by atoms with Crippen LogP contribution in [0.2, 0.25) is 0 Å². The number of H-pyrrole nitrogens is 1. The van der Waals surface area contributed by atoms with Crippen molar-refractivity contribution in [2.45, 2.75) is 30.9 Å². The molecule has 0 radical (unpaired) electrons. The van der Waals surface area contributed by atoms with Crippen LogP contribution in [0.4, 0.5) is 0 Å². The standard InChI is InChI=1S/C18H25N3O3S.ClH/c1-13-14(15-5-3-4-6-16(15)21-13)7-10-20-17(22)18(25(2,23)24)8-11-19-12-9-18;/h3-6,19,21H,7-12H2,1-2H3,(H,20,22);1H. The zero-order valence-corrected chi connectivity index (χ0v) is 16.7. The van der Waals surface area contributed by atoms with Gasteiger partial charge in [0, 0.05) is 29.4 Å². The fourth-order valence-corrected chi connectivity index (χ4v) is 5.07. The second-order valence-electron chi connectivity index (χ2n) is 6.80. The van der Waals surface area contributed by atoms with E-state index < -0.39 is 14.6 Å². The minimum Gasteiger partial charge on any atom is -0.358 e. The highest BCUT2D eigenvalue weighted by molar-refractivity contribution is 7.92. The molecule has 0 saturated carbocycles. The van der Waals surface area contributed by atoms with Gasteiger partial charge in [-0.25, -0.2) is 8.42 Å². The van der Waals surface area contributed by atoms with Crippen molar-refractivity contribution in [1.82, 2.24) is 15.6 Å². The van der Waals surface area contributed by atoms with Crippen LogP contribution in [0.1, 0.15) is 24.1 Å². The molecular weight excluding hydrogens is 374 g/mol. The van der Waals surface area contributed by atoms with Crippen molar-refractivity contribution >= 4 is 39.1 Å². The first-order valence-corrected chi connectivity index (χ1v) is 10.5. The number of hydrogen-bond donors (Lipinski definition) is 3. The van der Waals surface area contributed by atoms with E-state index in [-0.39, 0.29) is 18.3 Å². The lowest BCUT2D eigenvalue weighted by molar-refractivity contribution is -0.124. The topological polar surface area (TPSA) is 91.1 Å². The van der Waals surface area contributed by atoms with E-state index in [1.807, 2.05) is 25.1 Å². The number of fused-ring (bicyclic) bond motifs is 1. The maximum atomic E-state index is 12.7. The van der Waals surface area contributed by atoms with Crippen LogP contribution in [0.25, 0.3) is 10.9 Å². The lowest BCUT2D eigenvalue weighted by Crippen LogP contribution is -2.57. The monoisotopic (exact) mass is 399 g/mol. The van der Waals surface area contributed by atoms with Crippen LogP contribution >= 0.6 is 12.4 Å². The number of halogens is 1. The van der Waals surface area contributed by atoms with Gasteiger partial charge in [-0.2, -0.15) is 0 Å². The molecule has 6 nitrogen and oxygen atoms in total. The first-order chi connectivity index (χ1) is 11.8. The number of hydrogen-bond acceptors (Lipinski definition) is 4. The van der Waals surface area contributed by atoms with E-state index >= 15 is 0 Å². The van der Waals surface area contributed by atoms with Gasteiger partial charge in [-0.05, 0) is 50.9 Å². The molecule has 0 aliphatic carbocycles. The number of amides is 1. The lowest BCUT2D eigenvalue weighted by Gasteiger charge is -2.34. The molecule has 1 aromatic carbocycles. The van der Waals surface area contributed by atoms with Crippen LogP contribution in [-0.4, -0.2) is 49.9 Å². The number of nitrogens with one attached hydrogen (secondary N) is 3. The van der Waals surface area contributed by atoms with Crippen molar-refractivity contribution < 1.29 is 13.2 Å². The van der Waals surface area contributed by atoms with E-state index in [9.17, 15) is 13.2 Å². The SMILES string of the molecule is Cc1[nH]c2ccccc2c1CCNC(=O)C1(S(C)(=O)=O)CCNCC1.Cl. The summed E-state index contributed by atoms with van der Waals surface area (Å²) in [6.07, 6.45) is 2.48. The predicted molar refractivity (Wildman–Crippen MR) is 107 cm³/mol. The van der Waals surface area contributed by atoms with E-state index in [0.29, 0.717) is 38.9 Å². The molecular formula is C18H26ClN3O3S. The highest BCUT2D eigenvalue weighted by atomic mass is 35.5. The molecule has 0 spiro atoms. The van der Waals surface area contributed by atoms with Crippen molar-refractivity contribution in [3.05, 3.63) is 35.5 Å². The maximum absolute atomic E-state index is 12.7. The zero-order chi connectivity index (χ0) is 18.1. The first-order valence-electron chi connectivity index (χ1n) is 8.60. The van der Waals surface area contributed by atoms with Gasteiger partial charge in [-0.15, -0.1) is 12.4 Å². The molecule has 0 bridgehead atoms. The number of aromatic nitrogens is 1. The summed E-state index contributed by atoms with van der Waals surface area (Å²) in [7, 11) is -3.47. The van der Waals surface area contributed by atoms with Crippen LogP contribution in [0, 0.1) is 6.92 Å². The number of aromatic amines is 1. The quantitative estimate of drug-likeness (QED) is 0.714. The number of rotatable bonds is 5. The zero-order valence-electron chi connectivity index (χ0n) is 15.1. The third kappa shape index (κ3) is 3.75. The first kappa shape index (κ1) is 20.7. The molecule has 26 heavy (non-hydrogen) atoms. The Labute approximate surface area is 160 Å². The van der Waals surface area contributed by atoms with Gasteiger partial charge in [-0.3, -0.25) is 4.79 Å². The summed E-state index contributed by atoms with van der Waals surface area (Å²) in [4.78, 5) is 16.1. The molecule has 1 amide bonds.